The number of hydrogen-bond donors (Lipinski definition) is 2. The molecule has 1 atom stereocenters. The summed E-state index contributed by atoms with van der Waals surface area (Å²) < 4.78 is 5.46. The molecule has 1 unspecified atom stereocenters. The second-order valence-electron chi connectivity index (χ2n) is 6.52. The smallest absolute Gasteiger partial charge is 0.126 e. The number of rotatable bonds is 7. The van der Waals surface area contributed by atoms with Gasteiger partial charge < -0.3 is 15.2 Å². The Bertz CT molecular complexity index is 659. The van der Waals surface area contributed by atoms with Gasteiger partial charge in [0.05, 0.1) is 13.7 Å². The Kier molecular flexibility index (Phi) is 6.07. The Hall–Kier alpha value is -1.62. The van der Waals surface area contributed by atoms with E-state index in [0.29, 0.717) is 6.04 Å². The van der Waals surface area contributed by atoms with E-state index in [9.17, 15) is 5.11 Å². The van der Waals surface area contributed by atoms with Gasteiger partial charge in [-0.2, -0.15) is 0 Å². The van der Waals surface area contributed by atoms with E-state index in [1.165, 1.54) is 23.8 Å². The second kappa shape index (κ2) is 8.47. The summed E-state index contributed by atoms with van der Waals surface area (Å²) in [5.41, 5.74) is 1.30. The Morgan fingerprint density at radius 2 is 2.00 bits per heavy atom. The molecule has 0 aliphatic carbocycles. The van der Waals surface area contributed by atoms with E-state index in [0.717, 1.165) is 43.7 Å². The van der Waals surface area contributed by atoms with E-state index < -0.39 is 0 Å². The van der Waals surface area contributed by atoms with Gasteiger partial charge in [0.2, 0.25) is 0 Å². The third-order valence-electron chi connectivity index (χ3n) is 5.05. The van der Waals surface area contributed by atoms with Crippen molar-refractivity contribution in [3.05, 3.63) is 42.0 Å². The molecule has 3 rings (SSSR count). The highest BCUT2D eigenvalue weighted by Crippen LogP contribution is 2.28. The molecule has 0 bridgehead atoms. The van der Waals surface area contributed by atoms with Gasteiger partial charge in [0.15, 0.2) is 0 Å². The number of nitrogens with one attached hydrogen (secondary N) is 1. The summed E-state index contributed by atoms with van der Waals surface area (Å²) in [5, 5.41) is 15.5. The predicted octanol–water partition coefficient (Wildman–Crippen LogP) is 2.78. The zero-order valence-electron chi connectivity index (χ0n) is 14.5. The van der Waals surface area contributed by atoms with E-state index in [1.54, 1.807) is 7.11 Å². The lowest BCUT2D eigenvalue weighted by Gasteiger charge is -2.34. The Morgan fingerprint density at radius 1 is 1.17 bits per heavy atom. The number of aliphatic hydroxyl groups excluding tert-OH is 1. The molecular formula is C20H28N2O2. The van der Waals surface area contributed by atoms with Crippen LogP contribution >= 0.6 is 0 Å². The lowest BCUT2D eigenvalue weighted by atomic mass is 10.0. The van der Waals surface area contributed by atoms with Crippen LogP contribution < -0.4 is 10.1 Å². The van der Waals surface area contributed by atoms with E-state index in [4.69, 9.17) is 4.74 Å². The zero-order chi connectivity index (χ0) is 16.8. The average molecular weight is 328 g/mol. The molecule has 1 fully saturated rings. The summed E-state index contributed by atoms with van der Waals surface area (Å²) >= 11 is 0. The number of nitrogens with zero attached hydrogens (tertiary/aromatic N) is 1. The highest BCUT2D eigenvalue weighted by molar-refractivity contribution is 5.91. The maximum Gasteiger partial charge on any atom is 0.126 e. The van der Waals surface area contributed by atoms with Gasteiger partial charge in [0, 0.05) is 31.1 Å². The van der Waals surface area contributed by atoms with Crippen molar-refractivity contribution in [1.29, 1.82) is 0 Å². The summed E-state index contributed by atoms with van der Waals surface area (Å²) in [5.74, 6) is 0.924. The number of hydrogen-bond acceptors (Lipinski definition) is 4. The molecule has 1 aliphatic rings. The topological polar surface area (TPSA) is 44.7 Å². The van der Waals surface area contributed by atoms with Crippen LogP contribution in [0.1, 0.15) is 24.8 Å². The lowest BCUT2D eigenvalue weighted by molar-refractivity contribution is 0.0910. The van der Waals surface area contributed by atoms with Crippen molar-refractivity contribution in [2.75, 3.05) is 33.4 Å². The molecule has 4 nitrogen and oxygen atoms in total. The fraction of sp³-hybridized carbons (Fsp3) is 0.500. The quantitative estimate of drug-likeness (QED) is 0.767. The number of ether oxygens (including phenoxy) is 1. The molecule has 0 amide bonds. The van der Waals surface area contributed by atoms with Crippen LogP contribution in [-0.2, 0) is 6.54 Å². The number of methoxy groups -OCH3 is 1. The molecule has 2 N–H and O–H groups in total. The normalized spacial score (nSPS) is 18.8. The molecule has 24 heavy (non-hydrogen) atoms. The van der Waals surface area contributed by atoms with E-state index in [1.807, 2.05) is 12.1 Å². The molecule has 0 radical (unpaired) electrons. The van der Waals surface area contributed by atoms with Crippen molar-refractivity contribution >= 4 is 10.8 Å². The van der Waals surface area contributed by atoms with Crippen LogP contribution in [0.5, 0.6) is 5.75 Å². The van der Waals surface area contributed by atoms with Crippen molar-refractivity contribution in [1.82, 2.24) is 10.2 Å². The molecule has 2 aromatic carbocycles. The molecule has 1 saturated heterocycles. The summed E-state index contributed by atoms with van der Waals surface area (Å²) in [6, 6.07) is 12.9. The highest BCUT2D eigenvalue weighted by Gasteiger charge is 2.20. The van der Waals surface area contributed by atoms with E-state index in [2.05, 4.69) is 34.5 Å². The minimum atomic E-state index is 0.281. The number of piperidine rings is 1. The first-order valence-electron chi connectivity index (χ1n) is 8.93. The molecule has 1 aliphatic heterocycles. The molecule has 2 aromatic rings. The van der Waals surface area contributed by atoms with Crippen LogP contribution in [0, 0.1) is 0 Å². The molecular weight excluding hydrogens is 300 g/mol. The first-order chi connectivity index (χ1) is 11.8. The van der Waals surface area contributed by atoms with Crippen molar-refractivity contribution in [2.24, 2.45) is 0 Å². The second-order valence-corrected chi connectivity index (χ2v) is 6.52. The summed E-state index contributed by atoms with van der Waals surface area (Å²) in [7, 11) is 1.72. The van der Waals surface area contributed by atoms with Gasteiger partial charge in [0.1, 0.15) is 5.75 Å². The fourth-order valence-corrected chi connectivity index (χ4v) is 3.67. The highest BCUT2D eigenvalue weighted by atomic mass is 16.5. The molecule has 130 valence electrons. The molecule has 0 aromatic heterocycles. The van der Waals surface area contributed by atoms with Crippen LogP contribution in [0.25, 0.3) is 10.8 Å². The van der Waals surface area contributed by atoms with Gasteiger partial charge in [-0.15, -0.1) is 0 Å². The standard InChI is InChI=1S/C20H28N2O2/c1-24-20-10-9-16(18-7-2-3-8-19(18)20)14-21-11-13-22-12-5-4-6-17(22)15-23/h2-3,7-10,17,21,23H,4-6,11-15H2,1H3. The zero-order valence-corrected chi connectivity index (χ0v) is 14.5. The molecule has 1 heterocycles. The van der Waals surface area contributed by atoms with Gasteiger partial charge in [-0.05, 0) is 36.4 Å². The monoisotopic (exact) mass is 328 g/mol. The molecule has 0 spiro atoms. The third-order valence-corrected chi connectivity index (χ3v) is 5.05. The van der Waals surface area contributed by atoms with Gasteiger partial charge in [0.25, 0.3) is 0 Å². The minimum absolute atomic E-state index is 0.281. The van der Waals surface area contributed by atoms with E-state index in [-0.39, 0.29) is 6.61 Å². The van der Waals surface area contributed by atoms with Gasteiger partial charge in [-0.25, -0.2) is 0 Å². The number of fused-ring (bicyclic) bond motifs is 1. The predicted molar refractivity (Wildman–Crippen MR) is 98.5 cm³/mol. The molecule has 4 heteroatoms. The minimum Gasteiger partial charge on any atom is -0.496 e. The Balaban J connectivity index is 1.58. The van der Waals surface area contributed by atoms with Crippen molar-refractivity contribution in [3.8, 4) is 5.75 Å². The largest absolute Gasteiger partial charge is 0.496 e. The summed E-state index contributed by atoms with van der Waals surface area (Å²) in [6.07, 6.45) is 3.62. The lowest BCUT2D eigenvalue weighted by Crippen LogP contribution is -2.44. The van der Waals surface area contributed by atoms with Crippen molar-refractivity contribution in [3.63, 3.8) is 0 Å². The van der Waals surface area contributed by atoms with Gasteiger partial charge in [-0.3, -0.25) is 4.90 Å². The van der Waals surface area contributed by atoms with E-state index >= 15 is 0 Å². The summed E-state index contributed by atoms with van der Waals surface area (Å²) in [4.78, 5) is 2.42. The van der Waals surface area contributed by atoms with Crippen LogP contribution in [0.15, 0.2) is 36.4 Å². The van der Waals surface area contributed by atoms with Crippen LogP contribution in [0.4, 0.5) is 0 Å². The molecule has 0 saturated carbocycles. The third kappa shape index (κ3) is 3.89. The van der Waals surface area contributed by atoms with Crippen molar-refractivity contribution in [2.45, 2.75) is 31.8 Å². The van der Waals surface area contributed by atoms with Gasteiger partial charge >= 0.3 is 0 Å². The fourth-order valence-electron chi connectivity index (χ4n) is 3.67. The number of likely N-dealkylation sites (tertiary alicyclic amines) is 1. The average Bonchev–Trinajstić information content (AvgIpc) is 2.65. The van der Waals surface area contributed by atoms with Crippen LogP contribution in [-0.4, -0.2) is 49.4 Å². The Morgan fingerprint density at radius 3 is 2.79 bits per heavy atom. The summed E-state index contributed by atoms with van der Waals surface area (Å²) in [6.45, 7) is 4.18. The SMILES string of the molecule is COc1ccc(CNCCN2CCCCC2CO)c2ccccc12. The first-order valence-corrected chi connectivity index (χ1v) is 8.93. The maximum absolute atomic E-state index is 9.49. The van der Waals surface area contributed by atoms with Crippen LogP contribution in [0.3, 0.4) is 0 Å². The maximum atomic E-state index is 9.49. The first kappa shape index (κ1) is 17.2. The van der Waals surface area contributed by atoms with Crippen molar-refractivity contribution < 1.29 is 9.84 Å². The van der Waals surface area contributed by atoms with Crippen LogP contribution in [0.2, 0.25) is 0 Å². The Labute approximate surface area is 144 Å². The number of benzene rings is 2. The van der Waals surface area contributed by atoms with Gasteiger partial charge in [-0.1, -0.05) is 36.8 Å². The number of aliphatic hydroxyl groups is 1.